The lowest BCUT2D eigenvalue weighted by atomic mass is 10.1. The van der Waals surface area contributed by atoms with E-state index in [-0.39, 0.29) is 5.82 Å². The third kappa shape index (κ3) is 5.39. The molecular formula is C26H22N6OS. The quantitative estimate of drug-likeness (QED) is 0.387. The number of anilines is 1. The molecule has 2 aromatic heterocycles. The van der Waals surface area contributed by atoms with Gasteiger partial charge in [0, 0.05) is 54.2 Å². The van der Waals surface area contributed by atoms with Gasteiger partial charge in [-0.1, -0.05) is 36.0 Å². The highest BCUT2D eigenvalue weighted by Crippen LogP contribution is 2.28. The maximum atomic E-state index is 8.84. The lowest BCUT2D eigenvalue weighted by Crippen LogP contribution is -2.36. The summed E-state index contributed by atoms with van der Waals surface area (Å²) in [6.07, 6.45) is 5.83. The molecule has 0 radical (unpaired) electrons. The molecule has 1 aliphatic heterocycles. The molecule has 0 saturated carbocycles. The highest BCUT2D eigenvalue weighted by Gasteiger charge is 2.11. The normalized spacial score (nSPS) is 13.4. The van der Waals surface area contributed by atoms with Crippen molar-refractivity contribution in [3.8, 4) is 17.2 Å². The van der Waals surface area contributed by atoms with E-state index < -0.39 is 0 Å². The SMILES string of the molecule is N#Cc1ncc(-c2ccc(Sc3ccnc(Cc4ccc(N5CCOCC5)cc4)n3)cc2)cn1. The molecule has 5 rings (SSSR count). The summed E-state index contributed by atoms with van der Waals surface area (Å²) in [6, 6.07) is 20.6. The Balaban J connectivity index is 1.23. The average Bonchev–Trinajstić information content (AvgIpc) is 2.90. The number of aromatic nitrogens is 4. The molecule has 168 valence electrons. The molecule has 0 aliphatic carbocycles. The van der Waals surface area contributed by atoms with Crippen molar-refractivity contribution < 1.29 is 4.74 Å². The predicted octanol–water partition coefficient (Wildman–Crippen LogP) is 4.38. The molecule has 0 spiro atoms. The van der Waals surface area contributed by atoms with Gasteiger partial charge >= 0.3 is 0 Å². The zero-order valence-electron chi connectivity index (χ0n) is 18.5. The van der Waals surface area contributed by atoms with Gasteiger partial charge in [0.15, 0.2) is 0 Å². The van der Waals surface area contributed by atoms with Crippen LogP contribution >= 0.6 is 11.8 Å². The minimum absolute atomic E-state index is 0.170. The van der Waals surface area contributed by atoms with E-state index in [1.165, 1.54) is 11.3 Å². The van der Waals surface area contributed by atoms with Crippen molar-refractivity contribution in [3.05, 3.63) is 90.4 Å². The van der Waals surface area contributed by atoms with Crippen LogP contribution in [0.5, 0.6) is 0 Å². The molecule has 1 aliphatic rings. The number of hydrogen-bond donors (Lipinski definition) is 0. The molecule has 1 fully saturated rings. The molecule has 0 unspecified atom stereocenters. The summed E-state index contributed by atoms with van der Waals surface area (Å²) in [5, 5.41) is 9.75. The predicted molar refractivity (Wildman–Crippen MR) is 131 cm³/mol. The summed E-state index contributed by atoms with van der Waals surface area (Å²) in [5.74, 6) is 0.971. The van der Waals surface area contributed by atoms with Crippen LogP contribution in [0.1, 0.15) is 17.2 Å². The summed E-state index contributed by atoms with van der Waals surface area (Å²) in [6.45, 7) is 3.44. The Morgan fingerprint density at radius 3 is 2.32 bits per heavy atom. The number of benzene rings is 2. The van der Waals surface area contributed by atoms with Gasteiger partial charge in [0.2, 0.25) is 5.82 Å². The van der Waals surface area contributed by atoms with Gasteiger partial charge < -0.3 is 9.64 Å². The molecule has 0 amide bonds. The van der Waals surface area contributed by atoms with Crippen LogP contribution in [0.4, 0.5) is 5.69 Å². The molecule has 8 heteroatoms. The zero-order chi connectivity index (χ0) is 23.2. The number of rotatable bonds is 6. The van der Waals surface area contributed by atoms with Crippen LogP contribution in [0.2, 0.25) is 0 Å². The summed E-state index contributed by atoms with van der Waals surface area (Å²) in [4.78, 5) is 20.7. The third-order valence-electron chi connectivity index (χ3n) is 5.52. The Hall–Kier alpha value is -3.80. The number of nitriles is 1. The second-order valence-electron chi connectivity index (χ2n) is 7.79. The molecule has 0 N–H and O–H groups in total. The zero-order valence-corrected chi connectivity index (χ0v) is 19.3. The Morgan fingerprint density at radius 2 is 1.62 bits per heavy atom. The third-order valence-corrected chi connectivity index (χ3v) is 6.46. The lowest BCUT2D eigenvalue weighted by molar-refractivity contribution is 0.122. The first-order valence-corrected chi connectivity index (χ1v) is 11.8. The number of ether oxygens (including phenoxy) is 1. The van der Waals surface area contributed by atoms with E-state index in [9.17, 15) is 0 Å². The summed E-state index contributed by atoms with van der Waals surface area (Å²) < 4.78 is 5.44. The van der Waals surface area contributed by atoms with Crippen molar-refractivity contribution in [1.29, 1.82) is 5.26 Å². The molecule has 0 bridgehead atoms. The van der Waals surface area contributed by atoms with Crippen molar-refractivity contribution in [3.63, 3.8) is 0 Å². The second kappa shape index (κ2) is 10.4. The molecule has 34 heavy (non-hydrogen) atoms. The first-order valence-electron chi connectivity index (χ1n) is 11.0. The Morgan fingerprint density at radius 1 is 0.882 bits per heavy atom. The average molecular weight is 467 g/mol. The Bertz CT molecular complexity index is 1280. The van der Waals surface area contributed by atoms with E-state index in [1.54, 1.807) is 24.2 Å². The van der Waals surface area contributed by atoms with E-state index in [2.05, 4.69) is 44.1 Å². The van der Waals surface area contributed by atoms with Crippen LogP contribution < -0.4 is 4.90 Å². The molecular weight excluding hydrogens is 444 g/mol. The standard InChI is InChI=1S/C26H22N6OS/c27-16-25-29-17-21(18-30-25)20-3-7-23(8-4-20)34-26-9-10-28-24(31-26)15-19-1-5-22(6-2-19)32-11-13-33-14-12-32/h1-10,17-18H,11-15H2. The fourth-order valence-electron chi connectivity index (χ4n) is 3.72. The van der Waals surface area contributed by atoms with Crippen LogP contribution in [-0.4, -0.2) is 46.2 Å². The topological polar surface area (TPSA) is 87.8 Å². The maximum absolute atomic E-state index is 8.84. The monoisotopic (exact) mass is 466 g/mol. The van der Waals surface area contributed by atoms with Crippen molar-refractivity contribution >= 4 is 17.4 Å². The molecule has 0 atom stereocenters. The molecule has 1 saturated heterocycles. The minimum Gasteiger partial charge on any atom is -0.378 e. The molecule has 4 aromatic rings. The van der Waals surface area contributed by atoms with Gasteiger partial charge in [-0.2, -0.15) is 5.26 Å². The first kappa shape index (κ1) is 22.0. The van der Waals surface area contributed by atoms with Crippen LogP contribution in [0, 0.1) is 11.3 Å². The highest BCUT2D eigenvalue weighted by molar-refractivity contribution is 7.99. The number of morpholine rings is 1. The first-order chi connectivity index (χ1) is 16.8. The summed E-state index contributed by atoms with van der Waals surface area (Å²) >= 11 is 1.60. The van der Waals surface area contributed by atoms with E-state index in [0.29, 0.717) is 6.42 Å². The van der Waals surface area contributed by atoms with E-state index in [4.69, 9.17) is 15.0 Å². The van der Waals surface area contributed by atoms with Crippen LogP contribution in [-0.2, 0) is 11.2 Å². The molecule has 2 aromatic carbocycles. The van der Waals surface area contributed by atoms with Crippen molar-refractivity contribution in [2.75, 3.05) is 31.2 Å². The van der Waals surface area contributed by atoms with Crippen molar-refractivity contribution in [2.24, 2.45) is 0 Å². The van der Waals surface area contributed by atoms with Gasteiger partial charge in [-0.15, -0.1) is 0 Å². The van der Waals surface area contributed by atoms with Gasteiger partial charge in [-0.3, -0.25) is 0 Å². The number of hydrogen-bond acceptors (Lipinski definition) is 8. The van der Waals surface area contributed by atoms with Crippen LogP contribution in [0.3, 0.4) is 0 Å². The van der Waals surface area contributed by atoms with E-state index in [0.717, 1.165) is 53.2 Å². The second-order valence-corrected chi connectivity index (χ2v) is 8.88. The largest absolute Gasteiger partial charge is 0.378 e. The van der Waals surface area contributed by atoms with Gasteiger partial charge in [0.25, 0.3) is 0 Å². The Kier molecular flexibility index (Phi) is 6.75. The fourth-order valence-corrected chi connectivity index (χ4v) is 4.52. The molecule has 7 nitrogen and oxygen atoms in total. The maximum Gasteiger partial charge on any atom is 0.232 e. The van der Waals surface area contributed by atoms with Gasteiger partial charge in [-0.25, -0.2) is 19.9 Å². The van der Waals surface area contributed by atoms with Crippen LogP contribution in [0.15, 0.2) is 83.1 Å². The minimum atomic E-state index is 0.170. The smallest absolute Gasteiger partial charge is 0.232 e. The number of nitrogens with zero attached hydrogens (tertiary/aromatic N) is 6. The fraction of sp³-hybridized carbons (Fsp3) is 0.192. The van der Waals surface area contributed by atoms with Crippen LogP contribution in [0.25, 0.3) is 11.1 Å². The Labute approximate surface area is 202 Å². The van der Waals surface area contributed by atoms with Gasteiger partial charge in [-0.05, 0) is 41.5 Å². The van der Waals surface area contributed by atoms with E-state index >= 15 is 0 Å². The van der Waals surface area contributed by atoms with Gasteiger partial charge in [0.05, 0.1) is 13.2 Å². The molecule has 3 heterocycles. The highest BCUT2D eigenvalue weighted by atomic mass is 32.2. The van der Waals surface area contributed by atoms with Crippen molar-refractivity contribution in [1.82, 2.24) is 19.9 Å². The summed E-state index contributed by atoms with van der Waals surface area (Å²) in [5.41, 5.74) is 4.29. The van der Waals surface area contributed by atoms with E-state index in [1.807, 2.05) is 42.6 Å². The lowest BCUT2D eigenvalue weighted by Gasteiger charge is -2.28. The summed E-state index contributed by atoms with van der Waals surface area (Å²) in [7, 11) is 0. The van der Waals surface area contributed by atoms with Crippen molar-refractivity contribution in [2.45, 2.75) is 16.3 Å². The van der Waals surface area contributed by atoms with Gasteiger partial charge in [0.1, 0.15) is 16.9 Å².